The van der Waals surface area contributed by atoms with Crippen molar-refractivity contribution in [2.75, 3.05) is 0 Å². The molecule has 1 aromatic heterocycles. The highest BCUT2D eigenvalue weighted by Crippen LogP contribution is 2.12. The molecule has 1 heterocycles. The Morgan fingerprint density at radius 1 is 1.06 bits per heavy atom. The van der Waals surface area contributed by atoms with Crippen molar-refractivity contribution in [1.82, 2.24) is 9.97 Å². The molecule has 0 aliphatic rings. The van der Waals surface area contributed by atoms with Crippen molar-refractivity contribution in [1.29, 1.82) is 0 Å². The van der Waals surface area contributed by atoms with E-state index in [1.807, 2.05) is 30.3 Å². The molecule has 0 spiro atoms. The molecule has 1 aromatic carbocycles. The van der Waals surface area contributed by atoms with Crippen molar-refractivity contribution in [3.63, 3.8) is 0 Å². The third-order valence-electron chi connectivity index (χ3n) is 2.15. The summed E-state index contributed by atoms with van der Waals surface area (Å²) in [6.45, 7) is 0.810. The predicted molar refractivity (Wildman–Crippen MR) is 60.7 cm³/mol. The maximum Gasteiger partial charge on any atom is 0.237 e. The summed E-state index contributed by atoms with van der Waals surface area (Å²) < 4.78 is 5.56. The van der Waals surface area contributed by atoms with Crippen LogP contribution in [0, 0.1) is 0 Å². The Morgan fingerprint density at radius 3 is 2.56 bits per heavy atom. The lowest BCUT2D eigenvalue weighted by Gasteiger charge is -2.07. The van der Waals surface area contributed by atoms with Gasteiger partial charge >= 0.3 is 0 Å². The Labute approximate surface area is 94.1 Å². The van der Waals surface area contributed by atoms with Crippen LogP contribution in [0.4, 0.5) is 0 Å². The zero-order chi connectivity index (χ0) is 11.2. The molecule has 0 unspecified atom stereocenters. The van der Waals surface area contributed by atoms with Gasteiger partial charge in [0.15, 0.2) is 0 Å². The molecular formula is C12H13N3O. The lowest BCUT2D eigenvalue weighted by atomic mass is 10.2. The van der Waals surface area contributed by atoms with Crippen LogP contribution in [0.25, 0.3) is 0 Å². The Kier molecular flexibility index (Phi) is 3.46. The molecule has 0 saturated heterocycles. The minimum absolute atomic E-state index is 0.331. The Morgan fingerprint density at radius 2 is 1.81 bits per heavy atom. The summed E-state index contributed by atoms with van der Waals surface area (Å²) in [5.74, 6) is 0.508. The third kappa shape index (κ3) is 2.55. The summed E-state index contributed by atoms with van der Waals surface area (Å²) in [7, 11) is 0. The van der Waals surface area contributed by atoms with E-state index >= 15 is 0 Å². The van der Waals surface area contributed by atoms with Crippen LogP contribution in [-0.4, -0.2) is 9.97 Å². The van der Waals surface area contributed by atoms with Crippen molar-refractivity contribution in [2.24, 2.45) is 5.73 Å². The molecule has 0 saturated carbocycles. The summed E-state index contributed by atoms with van der Waals surface area (Å²) in [5.41, 5.74) is 7.31. The van der Waals surface area contributed by atoms with Gasteiger partial charge in [-0.05, 0) is 5.56 Å². The summed E-state index contributed by atoms with van der Waals surface area (Å²) >= 11 is 0. The molecule has 0 atom stereocenters. The van der Waals surface area contributed by atoms with Gasteiger partial charge in [-0.25, -0.2) is 4.98 Å². The summed E-state index contributed by atoms with van der Waals surface area (Å²) in [5, 5.41) is 0. The number of hydrogen-bond donors (Lipinski definition) is 1. The fourth-order valence-electron chi connectivity index (χ4n) is 1.34. The van der Waals surface area contributed by atoms with E-state index in [-0.39, 0.29) is 0 Å². The van der Waals surface area contributed by atoms with Gasteiger partial charge in [0, 0.05) is 18.9 Å². The number of ether oxygens (including phenoxy) is 1. The average molecular weight is 215 g/mol. The van der Waals surface area contributed by atoms with Crippen LogP contribution >= 0.6 is 0 Å². The van der Waals surface area contributed by atoms with Gasteiger partial charge in [0.2, 0.25) is 5.88 Å². The Bertz CT molecular complexity index is 445. The van der Waals surface area contributed by atoms with Gasteiger partial charge < -0.3 is 10.5 Å². The smallest absolute Gasteiger partial charge is 0.237 e. The number of nitrogens with zero attached hydrogens (tertiary/aromatic N) is 2. The van der Waals surface area contributed by atoms with Crippen molar-refractivity contribution >= 4 is 0 Å². The van der Waals surface area contributed by atoms with Crippen molar-refractivity contribution in [3.8, 4) is 5.88 Å². The molecule has 82 valence electrons. The highest BCUT2D eigenvalue weighted by Gasteiger charge is 2.04. The van der Waals surface area contributed by atoms with Crippen LogP contribution in [0.15, 0.2) is 42.7 Å². The molecule has 0 aliphatic heterocycles. The first-order valence-corrected chi connectivity index (χ1v) is 5.07. The summed E-state index contributed by atoms with van der Waals surface area (Å²) in [4.78, 5) is 8.20. The van der Waals surface area contributed by atoms with Gasteiger partial charge in [0.05, 0.1) is 0 Å². The second-order valence-corrected chi connectivity index (χ2v) is 3.29. The number of aromatic nitrogens is 2. The molecule has 0 radical (unpaired) electrons. The first kappa shape index (κ1) is 10.6. The van der Waals surface area contributed by atoms with Crippen LogP contribution in [0.3, 0.4) is 0 Å². The maximum atomic E-state index is 5.56. The second-order valence-electron chi connectivity index (χ2n) is 3.29. The molecule has 2 aromatic rings. The van der Waals surface area contributed by atoms with Gasteiger partial charge in [-0.1, -0.05) is 30.3 Å². The summed E-state index contributed by atoms with van der Waals surface area (Å²) in [6.07, 6.45) is 3.21. The average Bonchev–Trinajstić information content (AvgIpc) is 2.38. The quantitative estimate of drug-likeness (QED) is 0.839. The highest BCUT2D eigenvalue weighted by atomic mass is 16.5. The Balaban J connectivity index is 2.05. The lowest BCUT2D eigenvalue weighted by Crippen LogP contribution is -2.06. The fraction of sp³-hybridized carbons (Fsp3) is 0.167. The Hall–Kier alpha value is -1.94. The SMILES string of the molecule is NCc1nccnc1OCc1ccccc1. The molecule has 2 N–H and O–H groups in total. The first-order valence-electron chi connectivity index (χ1n) is 5.07. The topological polar surface area (TPSA) is 61.0 Å². The predicted octanol–water partition coefficient (Wildman–Crippen LogP) is 1.51. The number of benzene rings is 1. The van der Waals surface area contributed by atoms with E-state index in [0.29, 0.717) is 24.7 Å². The van der Waals surface area contributed by atoms with E-state index < -0.39 is 0 Å². The van der Waals surface area contributed by atoms with Gasteiger partial charge in [0.1, 0.15) is 12.3 Å². The molecule has 0 aliphatic carbocycles. The number of hydrogen-bond acceptors (Lipinski definition) is 4. The molecule has 0 bridgehead atoms. The van der Waals surface area contributed by atoms with Crippen molar-refractivity contribution in [2.45, 2.75) is 13.2 Å². The fourth-order valence-corrected chi connectivity index (χ4v) is 1.34. The maximum absolute atomic E-state index is 5.56. The van der Waals surface area contributed by atoms with Crippen molar-refractivity contribution in [3.05, 3.63) is 54.0 Å². The molecule has 0 amide bonds. The van der Waals surface area contributed by atoms with E-state index in [1.54, 1.807) is 12.4 Å². The normalized spacial score (nSPS) is 10.1. The van der Waals surface area contributed by atoms with Crippen LogP contribution in [-0.2, 0) is 13.2 Å². The lowest BCUT2D eigenvalue weighted by molar-refractivity contribution is 0.288. The van der Waals surface area contributed by atoms with E-state index in [1.165, 1.54) is 0 Å². The second kappa shape index (κ2) is 5.23. The van der Waals surface area contributed by atoms with Crippen LogP contribution in [0.1, 0.15) is 11.3 Å². The minimum atomic E-state index is 0.331. The number of nitrogens with two attached hydrogens (primary N) is 1. The van der Waals surface area contributed by atoms with Crippen LogP contribution < -0.4 is 10.5 Å². The van der Waals surface area contributed by atoms with Crippen molar-refractivity contribution < 1.29 is 4.74 Å². The molecule has 0 fully saturated rings. The van der Waals surface area contributed by atoms with Gasteiger partial charge in [-0.3, -0.25) is 4.98 Å². The standard InChI is InChI=1S/C12H13N3O/c13-8-11-12(15-7-6-14-11)16-9-10-4-2-1-3-5-10/h1-7H,8-9,13H2. The minimum Gasteiger partial charge on any atom is -0.471 e. The summed E-state index contributed by atoms with van der Waals surface area (Å²) in [6, 6.07) is 9.91. The number of rotatable bonds is 4. The van der Waals surface area contributed by atoms with E-state index in [4.69, 9.17) is 10.5 Å². The van der Waals surface area contributed by atoms with Crippen LogP contribution in [0.5, 0.6) is 5.88 Å². The molecule has 4 heteroatoms. The highest BCUT2D eigenvalue weighted by molar-refractivity contribution is 5.19. The molecule has 2 rings (SSSR count). The first-order chi connectivity index (χ1) is 7.90. The molecule has 16 heavy (non-hydrogen) atoms. The zero-order valence-corrected chi connectivity index (χ0v) is 8.84. The third-order valence-corrected chi connectivity index (χ3v) is 2.15. The van der Waals surface area contributed by atoms with E-state index in [2.05, 4.69) is 9.97 Å². The van der Waals surface area contributed by atoms with Gasteiger partial charge in [0.25, 0.3) is 0 Å². The monoisotopic (exact) mass is 215 g/mol. The van der Waals surface area contributed by atoms with E-state index in [0.717, 1.165) is 5.56 Å². The zero-order valence-electron chi connectivity index (χ0n) is 8.84. The molecule has 4 nitrogen and oxygen atoms in total. The van der Waals surface area contributed by atoms with E-state index in [9.17, 15) is 0 Å². The molecular weight excluding hydrogens is 202 g/mol. The van der Waals surface area contributed by atoms with Gasteiger partial charge in [-0.2, -0.15) is 0 Å². The largest absolute Gasteiger partial charge is 0.471 e. The van der Waals surface area contributed by atoms with Gasteiger partial charge in [-0.15, -0.1) is 0 Å². The van der Waals surface area contributed by atoms with Crippen LogP contribution in [0.2, 0.25) is 0 Å².